The number of carbonyl (C=O) groups is 2. The Morgan fingerprint density at radius 2 is 2.20 bits per heavy atom. The molecule has 2 heterocycles. The predicted molar refractivity (Wildman–Crippen MR) is 101 cm³/mol. The highest BCUT2D eigenvalue weighted by molar-refractivity contribution is 7.13. The van der Waals surface area contributed by atoms with E-state index in [1.165, 1.54) is 17.8 Å². The Morgan fingerprint density at radius 1 is 1.36 bits per heavy atom. The molecule has 1 fully saturated rings. The Morgan fingerprint density at radius 3 is 3.00 bits per heavy atom. The Hall–Kier alpha value is -2.01. The van der Waals surface area contributed by atoms with E-state index in [0.717, 1.165) is 54.6 Å². The minimum Gasteiger partial charge on any atom is -0.334 e. The standard InChI is InChI=1S/C20H24N2O2S/c1-2-7-16-9-5-6-12-22(16)20(24)18-14-25-19(21-18)17-10-4-3-8-15(17)11-13-23/h3-4,8,10,13-14,16H,2,5-7,9,11-12H2,1H3. The summed E-state index contributed by atoms with van der Waals surface area (Å²) in [5.41, 5.74) is 2.43. The second kappa shape index (κ2) is 8.39. The smallest absolute Gasteiger partial charge is 0.273 e. The van der Waals surface area contributed by atoms with Gasteiger partial charge in [0.1, 0.15) is 17.0 Å². The first kappa shape index (κ1) is 17.8. The van der Waals surface area contributed by atoms with Crippen LogP contribution in [0.3, 0.4) is 0 Å². The molecule has 1 aliphatic rings. The molecule has 1 aromatic carbocycles. The van der Waals surface area contributed by atoms with Gasteiger partial charge in [0.15, 0.2) is 0 Å². The SMILES string of the molecule is CCCC1CCCCN1C(=O)c1csc(-c2ccccc2CC=O)n1. The monoisotopic (exact) mass is 356 g/mol. The maximum atomic E-state index is 13.0. The average Bonchev–Trinajstić information content (AvgIpc) is 3.13. The van der Waals surface area contributed by atoms with Gasteiger partial charge in [-0.3, -0.25) is 4.79 Å². The zero-order chi connectivity index (χ0) is 17.6. The molecule has 0 aliphatic carbocycles. The highest BCUT2D eigenvalue weighted by atomic mass is 32.1. The van der Waals surface area contributed by atoms with Crippen molar-refractivity contribution in [2.75, 3.05) is 6.54 Å². The third-order valence-corrected chi connectivity index (χ3v) is 5.66. The Bertz CT molecular complexity index is 739. The number of nitrogens with zero attached hydrogens (tertiary/aromatic N) is 2. The van der Waals surface area contributed by atoms with Crippen molar-refractivity contribution in [2.45, 2.75) is 51.5 Å². The Labute approximate surface area is 152 Å². The number of benzene rings is 1. The molecule has 3 rings (SSSR count). The number of hydrogen-bond acceptors (Lipinski definition) is 4. The van der Waals surface area contributed by atoms with Gasteiger partial charge in [-0.2, -0.15) is 0 Å². The second-order valence-electron chi connectivity index (χ2n) is 6.50. The van der Waals surface area contributed by atoms with Crippen LogP contribution in [0.4, 0.5) is 0 Å². The second-order valence-corrected chi connectivity index (χ2v) is 7.36. The zero-order valence-electron chi connectivity index (χ0n) is 14.6. The molecule has 1 amide bonds. The van der Waals surface area contributed by atoms with Crippen LogP contribution in [0, 0.1) is 0 Å². The van der Waals surface area contributed by atoms with Crippen molar-refractivity contribution in [2.24, 2.45) is 0 Å². The third kappa shape index (κ3) is 3.98. The molecule has 0 N–H and O–H groups in total. The first-order valence-corrected chi connectivity index (χ1v) is 9.91. The summed E-state index contributed by atoms with van der Waals surface area (Å²) in [7, 11) is 0. The topological polar surface area (TPSA) is 50.3 Å². The lowest BCUT2D eigenvalue weighted by Crippen LogP contribution is -2.43. The van der Waals surface area contributed by atoms with Crippen molar-refractivity contribution in [3.05, 3.63) is 40.9 Å². The molecule has 1 atom stereocenters. The van der Waals surface area contributed by atoms with Gasteiger partial charge in [0.25, 0.3) is 5.91 Å². The minimum atomic E-state index is 0.0496. The van der Waals surface area contributed by atoms with E-state index >= 15 is 0 Å². The van der Waals surface area contributed by atoms with Gasteiger partial charge in [0.2, 0.25) is 0 Å². The van der Waals surface area contributed by atoms with Crippen LogP contribution in [0.1, 0.15) is 55.1 Å². The van der Waals surface area contributed by atoms with Crippen LogP contribution >= 0.6 is 11.3 Å². The highest BCUT2D eigenvalue weighted by Crippen LogP contribution is 2.29. The molecule has 0 bridgehead atoms. The summed E-state index contributed by atoms with van der Waals surface area (Å²) in [5.74, 6) is 0.0496. The van der Waals surface area contributed by atoms with Crippen LogP contribution in [0.5, 0.6) is 0 Å². The quantitative estimate of drug-likeness (QED) is 0.723. The summed E-state index contributed by atoms with van der Waals surface area (Å²) in [5, 5.41) is 2.66. The lowest BCUT2D eigenvalue weighted by Gasteiger charge is -2.35. The summed E-state index contributed by atoms with van der Waals surface area (Å²) in [6.45, 7) is 3.00. The van der Waals surface area contributed by atoms with Crippen LogP contribution in [-0.4, -0.2) is 34.7 Å². The summed E-state index contributed by atoms with van der Waals surface area (Å²) < 4.78 is 0. The van der Waals surface area contributed by atoms with Crippen molar-refractivity contribution < 1.29 is 9.59 Å². The number of aromatic nitrogens is 1. The highest BCUT2D eigenvalue weighted by Gasteiger charge is 2.28. The minimum absolute atomic E-state index is 0.0496. The molecule has 0 saturated carbocycles. The maximum absolute atomic E-state index is 13.0. The fraction of sp³-hybridized carbons (Fsp3) is 0.450. The number of amides is 1. The number of piperidine rings is 1. The van der Waals surface area contributed by atoms with E-state index in [2.05, 4.69) is 11.9 Å². The number of hydrogen-bond donors (Lipinski definition) is 0. The van der Waals surface area contributed by atoms with Crippen LogP contribution in [0.2, 0.25) is 0 Å². The molecule has 1 aliphatic heterocycles. The normalized spacial score (nSPS) is 17.5. The van der Waals surface area contributed by atoms with E-state index in [0.29, 0.717) is 18.2 Å². The Balaban J connectivity index is 1.83. The predicted octanol–water partition coefficient (Wildman–Crippen LogP) is 4.35. The lowest BCUT2D eigenvalue weighted by molar-refractivity contribution is -0.107. The fourth-order valence-electron chi connectivity index (χ4n) is 3.54. The van der Waals surface area contributed by atoms with Gasteiger partial charge in [-0.1, -0.05) is 37.6 Å². The largest absolute Gasteiger partial charge is 0.334 e. The maximum Gasteiger partial charge on any atom is 0.273 e. The van der Waals surface area contributed by atoms with Crippen molar-refractivity contribution in [3.63, 3.8) is 0 Å². The van der Waals surface area contributed by atoms with Crippen molar-refractivity contribution in [1.29, 1.82) is 0 Å². The van der Waals surface area contributed by atoms with Gasteiger partial charge in [-0.15, -0.1) is 11.3 Å². The van der Waals surface area contributed by atoms with Crippen molar-refractivity contribution >= 4 is 23.5 Å². The third-order valence-electron chi connectivity index (χ3n) is 4.78. The number of aldehydes is 1. The molecule has 25 heavy (non-hydrogen) atoms. The summed E-state index contributed by atoms with van der Waals surface area (Å²) in [6, 6.07) is 8.11. The fourth-order valence-corrected chi connectivity index (χ4v) is 4.39. The van der Waals surface area contributed by atoms with E-state index in [9.17, 15) is 9.59 Å². The average molecular weight is 356 g/mol. The molecule has 0 spiro atoms. The molecule has 1 saturated heterocycles. The molecule has 0 radical (unpaired) electrons. The Kier molecular flexibility index (Phi) is 5.97. The molecule has 1 unspecified atom stereocenters. The van der Waals surface area contributed by atoms with Crippen LogP contribution < -0.4 is 0 Å². The van der Waals surface area contributed by atoms with Crippen molar-refractivity contribution in [3.8, 4) is 10.6 Å². The molecular weight excluding hydrogens is 332 g/mol. The van der Waals surface area contributed by atoms with E-state index in [-0.39, 0.29) is 5.91 Å². The van der Waals surface area contributed by atoms with E-state index in [4.69, 9.17) is 0 Å². The van der Waals surface area contributed by atoms with Gasteiger partial charge < -0.3 is 9.69 Å². The number of carbonyl (C=O) groups excluding carboxylic acids is 2. The van der Waals surface area contributed by atoms with Gasteiger partial charge in [-0.05, 0) is 31.2 Å². The number of rotatable bonds is 6. The van der Waals surface area contributed by atoms with Gasteiger partial charge in [0, 0.05) is 30.0 Å². The number of likely N-dealkylation sites (tertiary alicyclic amines) is 1. The van der Waals surface area contributed by atoms with Crippen LogP contribution in [0.15, 0.2) is 29.6 Å². The summed E-state index contributed by atoms with van der Waals surface area (Å²) in [4.78, 5) is 30.5. The molecule has 1 aromatic heterocycles. The van der Waals surface area contributed by atoms with Crippen LogP contribution in [-0.2, 0) is 11.2 Å². The molecule has 5 heteroatoms. The number of thiazole rings is 1. The van der Waals surface area contributed by atoms with E-state index < -0.39 is 0 Å². The van der Waals surface area contributed by atoms with Crippen LogP contribution in [0.25, 0.3) is 10.6 Å². The zero-order valence-corrected chi connectivity index (χ0v) is 15.4. The van der Waals surface area contributed by atoms with E-state index in [1.807, 2.05) is 34.5 Å². The van der Waals surface area contributed by atoms with E-state index in [1.54, 1.807) is 0 Å². The lowest BCUT2D eigenvalue weighted by atomic mass is 9.98. The summed E-state index contributed by atoms with van der Waals surface area (Å²) >= 11 is 1.48. The van der Waals surface area contributed by atoms with Gasteiger partial charge in [0.05, 0.1) is 0 Å². The molecule has 132 valence electrons. The molecular formula is C20H24N2O2S. The van der Waals surface area contributed by atoms with Gasteiger partial charge in [-0.25, -0.2) is 4.98 Å². The summed E-state index contributed by atoms with van der Waals surface area (Å²) in [6.07, 6.45) is 6.80. The van der Waals surface area contributed by atoms with Gasteiger partial charge >= 0.3 is 0 Å². The molecule has 4 nitrogen and oxygen atoms in total. The first-order chi connectivity index (χ1) is 12.2. The molecule has 2 aromatic rings. The van der Waals surface area contributed by atoms with Crippen molar-refractivity contribution in [1.82, 2.24) is 9.88 Å². The first-order valence-electron chi connectivity index (χ1n) is 9.03.